The third kappa shape index (κ3) is 24.0. The first-order chi connectivity index (χ1) is 62.3. The van der Waals surface area contributed by atoms with E-state index in [1.807, 2.05) is 45.9 Å². The minimum atomic E-state index is -4.46. The Labute approximate surface area is 808 Å². The van der Waals surface area contributed by atoms with E-state index in [2.05, 4.69) is 50.8 Å². The van der Waals surface area contributed by atoms with Gasteiger partial charge in [0.05, 0.1) is 59.1 Å². The summed E-state index contributed by atoms with van der Waals surface area (Å²) < 4.78 is 74.1. The van der Waals surface area contributed by atoms with E-state index in [-0.39, 0.29) is 138 Å². The average molecular weight is 1920 g/mol. The van der Waals surface area contributed by atoms with Gasteiger partial charge in [0.1, 0.15) is 54.0 Å². The van der Waals surface area contributed by atoms with Crippen LogP contribution in [-0.4, -0.2) is 294 Å². The number of alkyl halides is 3. The molecule has 30 nitrogen and oxygen atoms in total. The van der Waals surface area contributed by atoms with Crippen molar-refractivity contribution in [2.75, 3.05) is 78.2 Å². The second-order valence-corrected chi connectivity index (χ2v) is 42.8. The predicted octanol–water partition coefficient (Wildman–Crippen LogP) is 9.95. The van der Waals surface area contributed by atoms with Crippen molar-refractivity contribution < 1.29 is 120 Å². The summed E-state index contributed by atoms with van der Waals surface area (Å²) in [5.74, 6) is -10.4. The fourth-order valence-electron chi connectivity index (χ4n) is 21.8. The van der Waals surface area contributed by atoms with Gasteiger partial charge in [-0.05, 0) is 225 Å². The zero-order valence-electron chi connectivity index (χ0n) is 77.2. The summed E-state index contributed by atoms with van der Waals surface area (Å²) in [4.78, 5) is 142. The fourth-order valence-corrected chi connectivity index (χ4v) is 26.4. The van der Waals surface area contributed by atoms with E-state index in [0.717, 1.165) is 67.3 Å². The molecule has 2 bridgehead atoms. The van der Waals surface area contributed by atoms with Crippen LogP contribution in [0.5, 0.6) is 0 Å². The Balaban J connectivity index is 0.000000196. The predicted molar refractivity (Wildman–Crippen MR) is 495 cm³/mol. The van der Waals surface area contributed by atoms with Crippen molar-refractivity contribution >= 4 is 131 Å². The van der Waals surface area contributed by atoms with E-state index in [0.29, 0.717) is 93.2 Å². The minimum absolute atomic E-state index is 0. The van der Waals surface area contributed by atoms with Crippen molar-refractivity contribution in [1.29, 1.82) is 5.26 Å². The van der Waals surface area contributed by atoms with Gasteiger partial charge in [0, 0.05) is 115 Å². The fraction of sp³-hybridized carbons (Fsp3) is 0.646. The summed E-state index contributed by atoms with van der Waals surface area (Å²) >= 11 is 9.88. The maximum atomic E-state index is 14.3. The Morgan fingerprint density at radius 3 is 1.92 bits per heavy atom. The van der Waals surface area contributed by atoms with Crippen LogP contribution in [0.4, 0.5) is 18.9 Å². The maximum absolute atomic E-state index is 14.3. The Bertz CT molecular complexity index is 4830. The molecule has 4 saturated carbocycles. The number of thiol groups is 1. The molecule has 8 aliphatic heterocycles. The first kappa shape index (κ1) is 108. The van der Waals surface area contributed by atoms with Crippen LogP contribution < -0.4 is 10.6 Å². The molecule has 0 aromatic heterocycles. The number of imide groups is 2. The molecule has 15 rings (SSSR count). The van der Waals surface area contributed by atoms with Crippen LogP contribution in [0.15, 0.2) is 107 Å². The van der Waals surface area contributed by atoms with Gasteiger partial charge >= 0.3 is 41.7 Å². The van der Waals surface area contributed by atoms with Gasteiger partial charge in [0.2, 0.25) is 17.6 Å². The molecule has 5 aliphatic carbocycles. The number of anilines is 1. The molecule has 2 aromatic carbocycles. The number of hydrogen-bond acceptors (Lipinski definition) is 25. The van der Waals surface area contributed by atoms with E-state index >= 15 is 0 Å². The summed E-state index contributed by atoms with van der Waals surface area (Å²) in [6.07, 6.45) is 6.99. The number of amides is 6. The van der Waals surface area contributed by atoms with Gasteiger partial charge in [-0.2, -0.15) is 31.1 Å². The number of aliphatic hydroxyl groups is 6. The number of ether oxygens (including phenoxy) is 5. The molecule has 1 unspecified atom stereocenters. The summed E-state index contributed by atoms with van der Waals surface area (Å²) in [7, 11) is 4.61. The number of fused-ring (bicyclic) bond motifs is 9. The standard InChI is InChI=1S/C44H69NO12.C21H30O4S.C13H10N2O4.C12H9F3N2O2.C6H12N3PS.Na.H/c1-10-13-31-19-25(2)18-26(3)20-37(54-8)40-38(55-9)22-28(5)44(52,57-40)41(49)42(50)45-17-12-11-14-32(45)43(51)56-39(29(6)34(47)24-35(31)48)27(4)21-30-15-16-33(46)36(23-30)53-7;1-19-7-5-13(22)9-12(19)3-4-14-15-6-8-21(25,17(24)11-26)20(15,2)10-16(23)18(14)19;16-10-6-5-9(11(17)14-10)15-12(18)7-3-1-2-4-8(7)13(15)19;1-7(18)10(6-16)11(19)17-9-4-2-8(3-5-9)12(13,14)15;11-10(7-1-2-7,8-3-4-8)9-5-6-9;;/h10,19,21,26,28-34,36-40,46-47,52H,1,11-18,20,22-24H2,2-9H3;9,14-16,18,23,25-26H,3-8,10-11H2,1-2H3;1-4,9H,5-6H2,(H,14,16,17);2-5,18H,1H3,(H,17,19);1-6H2;;/b25-19+,27-21+;;;10-7-;;;/t26-,28+,29+,30-,31+,32-,33+,34-,36+,37-,38-,39+,40+,44+;14-,15-,16-,18+,19-,20-,21-;;;;;/m00...../s1. The first-order valence-electron chi connectivity index (χ1n) is 46.0. The van der Waals surface area contributed by atoms with Gasteiger partial charge in [-0.1, -0.05) is 76.1 Å². The number of Topliss-reactive ketones (excluding diaryl/α,β-unsaturated/α-hetero) is 3. The monoisotopic (exact) mass is 1920 g/mol. The van der Waals surface area contributed by atoms with E-state index in [4.69, 9.17) is 45.9 Å². The molecular weight excluding hydrogens is 1790 g/mol. The molecule has 726 valence electrons. The molecule has 37 heteroatoms. The molecule has 10 fully saturated rings. The normalized spacial score (nSPS) is 35.1. The van der Waals surface area contributed by atoms with E-state index in [1.54, 1.807) is 51.3 Å². The number of benzene rings is 2. The van der Waals surface area contributed by atoms with E-state index < -0.39 is 160 Å². The zero-order valence-corrected chi connectivity index (χ0v) is 79.8. The summed E-state index contributed by atoms with van der Waals surface area (Å²) in [6.45, 7) is 24.8. The Morgan fingerprint density at radius 1 is 0.759 bits per heavy atom. The van der Waals surface area contributed by atoms with Gasteiger partial charge in [0.25, 0.3) is 29.4 Å². The number of halogens is 3. The number of cyclic esters (lactones) is 1. The van der Waals surface area contributed by atoms with Crippen LogP contribution in [0.25, 0.3) is 0 Å². The molecule has 6 saturated heterocycles. The molecule has 8 N–H and O–H groups in total. The van der Waals surface area contributed by atoms with Crippen LogP contribution in [-0.2, 0) is 84.8 Å². The molecule has 0 spiro atoms. The summed E-state index contributed by atoms with van der Waals surface area (Å²) in [6, 6.07) is 9.62. The van der Waals surface area contributed by atoms with E-state index in [9.17, 15) is 91.4 Å². The van der Waals surface area contributed by atoms with Gasteiger partial charge in [-0.25, -0.2) is 18.8 Å². The topological polar surface area (TPSA) is 419 Å². The molecule has 133 heavy (non-hydrogen) atoms. The van der Waals surface area contributed by atoms with Crippen molar-refractivity contribution in [2.45, 2.75) is 262 Å². The third-order valence-electron chi connectivity index (χ3n) is 29.4. The number of methoxy groups -OCH3 is 3. The average Bonchev–Trinajstić information content (AvgIpc) is 1.58. The Kier molecular flexibility index (Phi) is 36.9. The van der Waals surface area contributed by atoms with Crippen molar-refractivity contribution in [3.63, 3.8) is 0 Å². The number of carbonyl (C=O) groups excluding carboxylic acids is 11. The van der Waals surface area contributed by atoms with Crippen molar-refractivity contribution in [2.24, 2.45) is 58.2 Å². The van der Waals surface area contributed by atoms with Gasteiger partial charge in [-0.15, -0.1) is 6.58 Å². The third-order valence-corrected chi connectivity index (χ3v) is 35.2. The van der Waals surface area contributed by atoms with Crippen LogP contribution >= 0.6 is 19.1 Å². The van der Waals surface area contributed by atoms with E-state index in [1.165, 1.54) is 70.0 Å². The number of nitrogens with zero attached hydrogens (tertiary/aromatic N) is 6. The first-order valence-corrected chi connectivity index (χ1v) is 49.3. The number of nitriles is 1. The summed E-state index contributed by atoms with van der Waals surface area (Å²) in [5.41, 5.74) is 0.0726. The number of aliphatic hydroxyl groups excluding tert-OH is 4. The van der Waals surface area contributed by atoms with Gasteiger partial charge < -0.3 is 64.5 Å². The Morgan fingerprint density at radius 2 is 1.37 bits per heavy atom. The number of carbonyl (C=O) groups is 11. The number of rotatable bonds is 15. The van der Waals surface area contributed by atoms with Crippen molar-refractivity contribution in [1.82, 2.24) is 29.1 Å². The Hall–Kier alpha value is -6.89. The van der Waals surface area contributed by atoms with Crippen LogP contribution in [0, 0.1) is 69.5 Å². The SMILES string of the molecule is C/C(O)=C(\C#N)C(=O)Nc1ccc(C(F)(F)F)cc1.C=CC[C@@H]1/C=C(\C)C[C@H](C)C[C@H](OC)[C@H]2O[C@@](O)(C(=O)C(=O)N3CCCC[C@H]3C(=O)O[C@H](/C(C)=C/[C@@H]3CC[C@@H](O)[C@H](OC)C3)[C@H](C)[C@@H](O)CC1=O)[C@H](C)C[C@@H]2OC.C[C@]12CCC(=O)C=C1CC[C@@H]1[C@@H]2[C@@H](O)C[C@@]2(C)[C@H]1CC[C@]2(O)C(=O)CS.O=C1CCC(N2C(=O)c3ccccc3C2=O)C(=O)N1.S=P(N1CC1)(N1CC1)N1CC1.[NaH]. The number of piperidine rings is 2. The molecule has 0 radical (unpaired) electrons. The number of ketones is 4. The second kappa shape index (κ2) is 45.4. The van der Waals surface area contributed by atoms with Crippen molar-refractivity contribution in [3.8, 4) is 6.07 Å². The number of hydrogen-bond donors (Lipinski definition) is 9. The van der Waals surface area contributed by atoms with Crippen LogP contribution in [0.1, 0.15) is 210 Å². The molecule has 13 aliphatic rings. The molecular formula is C96H131F3N8NaO22PS2. The summed E-state index contributed by atoms with van der Waals surface area (Å²) in [5, 5.41) is 78.7. The number of esters is 1. The molecule has 6 amide bonds. The van der Waals surface area contributed by atoms with Gasteiger partial charge in [0.15, 0.2) is 17.1 Å². The molecule has 2 aromatic rings. The quantitative estimate of drug-likeness (QED) is 0.00684. The van der Waals surface area contributed by atoms with Gasteiger partial charge in [-0.3, -0.25) is 58.2 Å². The number of nitrogens with one attached hydrogen (secondary N) is 2. The zero-order chi connectivity index (χ0) is 96.8. The van der Waals surface area contributed by atoms with Crippen LogP contribution in [0.3, 0.4) is 0 Å². The van der Waals surface area contributed by atoms with Crippen LogP contribution in [0.2, 0.25) is 0 Å². The molecule has 8 heterocycles. The number of allylic oxidation sites excluding steroid dienone is 6. The van der Waals surface area contributed by atoms with Crippen molar-refractivity contribution in [3.05, 3.63) is 124 Å². The second-order valence-electron chi connectivity index (χ2n) is 38.3. The molecule has 22 atom stereocenters.